The summed E-state index contributed by atoms with van der Waals surface area (Å²) in [6.07, 6.45) is 3.88. The lowest BCUT2D eigenvalue weighted by molar-refractivity contribution is 0.0950. The molecule has 1 amide bonds. The van der Waals surface area contributed by atoms with Gasteiger partial charge in [0.15, 0.2) is 11.6 Å². The molecule has 3 heterocycles. The number of rotatable bonds is 6. The van der Waals surface area contributed by atoms with Crippen LogP contribution in [0.15, 0.2) is 53.3 Å². The van der Waals surface area contributed by atoms with Gasteiger partial charge in [0.2, 0.25) is 0 Å². The summed E-state index contributed by atoms with van der Waals surface area (Å²) in [5.41, 5.74) is 2.85. The third kappa shape index (κ3) is 4.08. The molecule has 0 unspecified atom stereocenters. The van der Waals surface area contributed by atoms with Gasteiger partial charge < -0.3 is 9.84 Å². The number of aromatic nitrogens is 5. The van der Waals surface area contributed by atoms with E-state index in [1.807, 2.05) is 32.0 Å². The van der Waals surface area contributed by atoms with Crippen molar-refractivity contribution >= 4 is 17.5 Å². The maximum Gasteiger partial charge on any atom is 0.259 e. The van der Waals surface area contributed by atoms with Gasteiger partial charge in [0.1, 0.15) is 0 Å². The number of carbonyl (C=O) groups is 1. The molecule has 0 radical (unpaired) electrons. The van der Waals surface area contributed by atoms with Crippen LogP contribution in [0.2, 0.25) is 5.02 Å². The van der Waals surface area contributed by atoms with E-state index < -0.39 is 0 Å². The van der Waals surface area contributed by atoms with Crippen molar-refractivity contribution in [1.29, 1.82) is 0 Å². The van der Waals surface area contributed by atoms with Crippen LogP contribution in [-0.2, 0) is 13.0 Å². The van der Waals surface area contributed by atoms with E-state index in [0.717, 1.165) is 11.1 Å². The zero-order chi connectivity index (χ0) is 21.1. The number of hydrogen-bond donors (Lipinski definition) is 1. The summed E-state index contributed by atoms with van der Waals surface area (Å²) < 4.78 is 6.85. The molecule has 1 N–H and O–H groups in total. The quantitative estimate of drug-likeness (QED) is 0.507. The fourth-order valence-electron chi connectivity index (χ4n) is 2.90. The highest BCUT2D eigenvalue weighted by Gasteiger charge is 2.16. The minimum absolute atomic E-state index is 0.205. The summed E-state index contributed by atoms with van der Waals surface area (Å²) in [7, 11) is 0. The Kier molecular flexibility index (Phi) is 5.58. The third-order valence-electron chi connectivity index (χ3n) is 4.62. The van der Waals surface area contributed by atoms with Crippen molar-refractivity contribution in [2.45, 2.75) is 26.8 Å². The van der Waals surface area contributed by atoms with Gasteiger partial charge in [-0.05, 0) is 36.8 Å². The Morgan fingerprint density at radius 3 is 2.63 bits per heavy atom. The first-order chi connectivity index (χ1) is 14.5. The number of hydrogen-bond acceptors (Lipinski definition) is 6. The van der Waals surface area contributed by atoms with Crippen molar-refractivity contribution in [3.8, 4) is 17.3 Å². The van der Waals surface area contributed by atoms with Gasteiger partial charge in [-0.1, -0.05) is 35.8 Å². The Hall–Kier alpha value is -3.52. The summed E-state index contributed by atoms with van der Waals surface area (Å²) in [4.78, 5) is 21.3. The largest absolute Gasteiger partial charge is 0.348 e. The summed E-state index contributed by atoms with van der Waals surface area (Å²) in [5, 5.41) is 11.8. The van der Waals surface area contributed by atoms with Gasteiger partial charge in [-0.2, -0.15) is 10.1 Å². The highest BCUT2D eigenvalue weighted by Crippen LogP contribution is 2.19. The Balaban J connectivity index is 1.48. The fourth-order valence-corrected chi connectivity index (χ4v) is 3.02. The van der Waals surface area contributed by atoms with Crippen LogP contribution in [0.25, 0.3) is 17.3 Å². The molecule has 0 saturated heterocycles. The van der Waals surface area contributed by atoms with Crippen LogP contribution in [0.3, 0.4) is 0 Å². The van der Waals surface area contributed by atoms with E-state index in [1.165, 1.54) is 6.20 Å². The van der Waals surface area contributed by atoms with Crippen molar-refractivity contribution in [1.82, 2.24) is 30.2 Å². The summed E-state index contributed by atoms with van der Waals surface area (Å²) >= 11 is 5.89. The maximum absolute atomic E-state index is 12.6. The summed E-state index contributed by atoms with van der Waals surface area (Å²) in [6.45, 7) is 4.18. The zero-order valence-electron chi connectivity index (χ0n) is 16.5. The standard InChI is InChI=1S/C21H19ClN6O2/c1-3-18-26-21(30-27-18)15-6-9-19(23-11-15)28-13(2)17(12-25-28)20(29)24-10-14-4-7-16(22)8-5-14/h4-9,11-12H,3,10H2,1-2H3,(H,24,29). The van der Waals surface area contributed by atoms with E-state index in [-0.39, 0.29) is 5.91 Å². The molecule has 0 bridgehead atoms. The van der Waals surface area contributed by atoms with Crippen molar-refractivity contribution in [3.05, 3.63) is 76.5 Å². The molecule has 8 nitrogen and oxygen atoms in total. The van der Waals surface area contributed by atoms with E-state index in [9.17, 15) is 4.79 Å². The minimum atomic E-state index is -0.205. The lowest BCUT2D eigenvalue weighted by Gasteiger charge is -2.07. The molecular weight excluding hydrogens is 404 g/mol. The first-order valence-corrected chi connectivity index (χ1v) is 9.79. The molecule has 0 aliphatic rings. The number of pyridine rings is 1. The van der Waals surface area contributed by atoms with Crippen LogP contribution < -0.4 is 5.32 Å². The molecule has 0 aliphatic carbocycles. The van der Waals surface area contributed by atoms with Crippen molar-refractivity contribution in [2.24, 2.45) is 0 Å². The molecule has 0 spiro atoms. The van der Waals surface area contributed by atoms with Crippen LogP contribution in [0, 0.1) is 6.92 Å². The predicted molar refractivity (Wildman–Crippen MR) is 111 cm³/mol. The number of halogens is 1. The number of nitrogens with zero attached hydrogens (tertiary/aromatic N) is 5. The van der Waals surface area contributed by atoms with Crippen LogP contribution in [0.4, 0.5) is 0 Å². The van der Waals surface area contributed by atoms with E-state index in [0.29, 0.717) is 46.8 Å². The molecule has 3 aromatic heterocycles. The first kappa shape index (κ1) is 19.8. The number of benzene rings is 1. The van der Waals surface area contributed by atoms with E-state index in [2.05, 4.69) is 25.5 Å². The van der Waals surface area contributed by atoms with Crippen LogP contribution in [0.5, 0.6) is 0 Å². The van der Waals surface area contributed by atoms with Crippen molar-refractivity contribution in [2.75, 3.05) is 0 Å². The maximum atomic E-state index is 12.6. The molecule has 1 aromatic carbocycles. The number of aryl methyl sites for hydroxylation is 1. The molecule has 4 aromatic rings. The lowest BCUT2D eigenvalue weighted by Crippen LogP contribution is -2.23. The monoisotopic (exact) mass is 422 g/mol. The molecule has 0 saturated carbocycles. The predicted octanol–water partition coefficient (Wildman–Crippen LogP) is 3.77. The summed E-state index contributed by atoms with van der Waals surface area (Å²) in [5.74, 6) is 1.45. The Morgan fingerprint density at radius 2 is 1.97 bits per heavy atom. The summed E-state index contributed by atoms with van der Waals surface area (Å²) in [6, 6.07) is 10.9. The SMILES string of the molecule is CCc1noc(-c2ccc(-n3ncc(C(=O)NCc4ccc(Cl)cc4)c3C)nc2)n1. The Morgan fingerprint density at radius 1 is 1.17 bits per heavy atom. The number of carbonyl (C=O) groups excluding carboxylic acids is 1. The Bertz CT molecular complexity index is 1170. The first-order valence-electron chi connectivity index (χ1n) is 9.42. The number of amides is 1. The second-order valence-electron chi connectivity index (χ2n) is 6.64. The van der Waals surface area contributed by atoms with Gasteiger partial charge in [-0.15, -0.1) is 0 Å². The average molecular weight is 423 g/mol. The van der Waals surface area contributed by atoms with Gasteiger partial charge in [0.25, 0.3) is 11.8 Å². The highest BCUT2D eigenvalue weighted by atomic mass is 35.5. The van der Waals surface area contributed by atoms with E-state index >= 15 is 0 Å². The second-order valence-corrected chi connectivity index (χ2v) is 7.08. The third-order valence-corrected chi connectivity index (χ3v) is 4.87. The van der Waals surface area contributed by atoms with Crippen molar-refractivity contribution < 1.29 is 9.32 Å². The molecule has 0 atom stereocenters. The normalized spacial score (nSPS) is 10.9. The van der Waals surface area contributed by atoms with Gasteiger partial charge in [-0.3, -0.25) is 4.79 Å². The molecule has 30 heavy (non-hydrogen) atoms. The molecule has 0 fully saturated rings. The number of nitrogens with one attached hydrogen (secondary N) is 1. The smallest absolute Gasteiger partial charge is 0.259 e. The fraction of sp³-hybridized carbons (Fsp3) is 0.190. The Labute approximate surface area is 177 Å². The van der Waals surface area contributed by atoms with E-state index in [1.54, 1.807) is 29.1 Å². The van der Waals surface area contributed by atoms with Crippen LogP contribution >= 0.6 is 11.6 Å². The molecule has 9 heteroatoms. The van der Waals surface area contributed by atoms with Crippen LogP contribution in [-0.4, -0.2) is 30.8 Å². The van der Waals surface area contributed by atoms with Crippen LogP contribution in [0.1, 0.15) is 34.4 Å². The highest BCUT2D eigenvalue weighted by molar-refractivity contribution is 6.30. The minimum Gasteiger partial charge on any atom is -0.348 e. The molecule has 152 valence electrons. The average Bonchev–Trinajstić information content (AvgIpc) is 3.40. The topological polar surface area (TPSA) is 98.7 Å². The van der Waals surface area contributed by atoms with Crippen molar-refractivity contribution in [3.63, 3.8) is 0 Å². The van der Waals surface area contributed by atoms with E-state index in [4.69, 9.17) is 16.1 Å². The van der Waals surface area contributed by atoms with Gasteiger partial charge in [0.05, 0.1) is 23.0 Å². The molecular formula is C21H19ClN6O2. The lowest BCUT2D eigenvalue weighted by atomic mass is 10.2. The molecule has 0 aliphatic heterocycles. The zero-order valence-corrected chi connectivity index (χ0v) is 17.2. The molecule has 4 rings (SSSR count). The van der Waals surface area contributed by atoms with Gasteiger partial charge >= 0.3 is 0 Å². The van der Waals surface area contributed by atoms with Gasteiger partial charge in [0, 0.05) is 24.2 Å². The second kappa shape index (κ2) is 8.46. The van der Waals surface area contributed by atoms with Gasteiger partial charge in [-0.25, -0.2) is 9.67 Å².